The number of morpholine rings is 1. The maximum absolute atomic E-state index is 13.6. The molecule has 0 saturated carbocycles. The molecule has 10 heteroatoms. The molecule has 38 heavy (non-hydrogen) atoms. The standard InChI is InChI=1S/C28H31F2N7O/c1-19(33-23-3-5-26(32-16-23)37-8-10-38-11-9-37)27-24-13-21(2-4-25(24)34-35-27)22-12-20(14-31-15-22)17-36-7-6-28(29,30)18-36/h2-5,12-16,19,33H,6-11,17-18H2,1H3,(H,34,35). The molecule has 1 aromatic carbocycles. The van der Waals surface area contributed by atoms with Crippen molar-refractivity contribution < 1.29 is 13.5 Å². The van der Waals surface area contributed by atoms with Gasteiger partial charge in [0.1, 0.15) is 5.82 Å². The van der Waals surface area contributed by atoms with Crippen molar-refractivity contribution >= 4 is 22.4 Å². The second-order valence-corrected chi connectivity index (χ2v) is 10.1. The molecule has 6 rings (SSSR count). The lowest BCUT2D eigenvalue weighted by Crippen LogP contribution is -2.36. The van der Waals surface area contributed by atoms with Crippen LogP contribution in [0.25, 0.3) is 22.0 Å². The summed E-state index contributed by atoms with van der Waals surface area (Å²) in [6.45, 7) is 5.92. The molecule has 2 fully saturated rings. The Bertz CT molecular complexity index is 1400. The molecule has 2 N–H and O–H groups in total. The third kappa shape index (κ3) is 5.32. The van der Waals surface area contributed by atoms with E-state index in [1.807, 2.05) is 42.7 Å². The Hall–Kier alpha value is -3.63. The van der Waals surface area contributed by atoms with Crippen molar-refractivity contribution in [2.75, 3.05) is 49.6 Å². The van der Waals surface area contributed by atoms with Gasteiger partial charge in [-0.1, -0.05) is 6.07 Å². The monoisotopic (exact) mass is 519 g/mol. The van der Waals surface area contributed by atoms with E-state index in [4.69, 9.17) is 4.74 Å². The van der Waals surface area contributed by atoms with Crippen molar-refractivity contribution in [2.24, 2.45) is 0 Å². The number of aromatic nitrogens is 4. The Morgan fingerprint density at radius 1 is 1.05 bits per heavy atom. The molecular formula is C28H31F2N7O. The fourth-order valence-corrected chi connectivity index (χ4v) is 5.24. The van der Waals surface area contributed by atoms with Crippen LogP contribution >= 0.6 is 0 Å². The first-order chi connectivity index (χ1) is 18.4. The van der Waals surface area contributed by atoms with Crippen molar-refractivity contribution in [3.63, 3.8) is 0 Å². The molecule has 0 bridgehead atoms. The minimum Gasteiger partial charge on any atom is -0.378 e. The Kier molecular flexibility index (Phi) is 6.67. The lowest BCUT2D eigenvalue weighted by atomic mass is 10.0. The van der Waals surface area contributed by atoms with Gasteiger partial charge in [-0.15, -0.1) is 0 Å². The molecule has 0 amide bonds. The van der Waals surface area contributed by atoms with Gasteiger partial charge in [0.05, 0.1) is 48.9 Å². The first-order valence-electron chi connectivity index (χ1n) is 13.0. The van der Waals surface area contributed by atoms with Crippen LogP contribution < -0.4 is 10.2 Å². The lowest BCUT2D eigenvalue weighted by Gasteiger charge is -2.27. The third-order valence-electron chi connectivity index (χ3n) is 7.27. The molecule has 3 aromatic heterocycles. The molecule has 1 atom stereocenters. The zero-order valence-electron chi connectivity index (χ0n) is 21.3. The number of hydrogen-bond acceptors (Lipinski definition) is 7. The summed E-state index contributed by atoms with van der Waals surface area (Å²) in [6.07, 6.45) is 5.34. The van der Waals surface area contributed by atoms with Crippen LogP contribution in [0.5, 0.6) is 0 Å². The van der Waals surface area contributed by atoms with Crippen molar-refractivity contribution in [1.82, 2.24) is 25.1 Å². The second-order valence-electron chi connectivity index (χ2n) is 10.1. The van der Waals surface area contributed by atoms with Crippen molar-refractivity contribution in [2.45, 2.75) is 31.9 Å². The largest absolute Gasteiger partial charge is 0.378 e. The number of likely N-dealkylation sites (tertiary alicyclic amines) is 1. The van der Waals surface area contributed by atoms with Gasteiger partial charge in [0.15, 0.2) is 0 Å². The van der Waals surface area contributed by atoms with Crippen LogP contribution in [-0.4, -0.2) is 70.4 Å². The van der Waals surface area contributed by atoms with E-state index in [-0.39, 0.29) is 19.0 Å². The maximum atomic E-state index is 13.6. The topological polar surface area (TPSA) is 82.2 Å². The summed E-state index contributed by atoms with van der Waals surface area (Å²) in [5, 5.41) is 12.2. The third-order valence-corrected chi connectivity index (χ3v) is 7.27. The van der Waals surface area contributed by atoms with Gasteiger partial charge in [-0.25, -0.2) is 13.8 Å². The molecular weight excluding hydrogens is 488 g/mol. The Morgan fingerprint density at radius 3 is 2.68 bits per heavy atom. The Morgan fingerprint density at radius 2 is 1.92 bits per heavy atom. The Labute approximate surface area is 220 Å². The summed E-state index contributed by atoms with van der Waals surface area (Å²) >= 11 is 0. The number of hydrogen-bond donors (Lipinski definition) is 2. The SMILES string of the molecule is CC(Nc1ccc(N2CCOCC2)nc1)c1[nH]nc2ccc(-c3cncc(CN4CCC(F)(F)C4)c3)cc12. The predicted octanol–water partition coefficient (Wildman–Crippen LogP) is 4.87. The van der Waals surface area contributed by atoms with Gasteiger partial charge in [0, 0.05) is 55.9 Å². The van der Waals surface area contributed by atoms with Crippen molar-refractivity contribution in [3.05, 3.63) is 66.2 Å². The summed E-state index contributed by atoms with van der Waals surface area (Å²) in [6, 6.07) is 12.2. The summed E-state index contributed by atoms with van der Waals surface area (Å²) in [5.41, 5.74) is 5.66. The number of pyridine rings is 2. The highest BCUT2D eigenvalue weighted by Crippen LogP contribution is 2.31. The van der Waals surface area contributed by atoms with Crippen LogP contribution in [0.15, 0.2) is 55.0 Å². The van der Waals surface area contributed by atoms with E-state index in [1.165, 1.54) is 0 Å². The van der Waals surface area contributed by atoms with Gasteiger partial charge < -0.3 is 15.0 Å². The van der Waals surface area contributed by atoms with Crippen LogP contribution in [0.4, 0.5) is 20.3 Å². The number of H-pyrrole nitrogens is 1. The summed E-state index contributed by atoms with van der Waals surface area (Å²) in [7, 11) is 0. The van der Waals surface area contributed by atoms with E-state index in [0.29, 0.717) is 13.1 Å². The quantitative estimate of drug-likeness (QED) is 0.361. The van der Waals surface area contributed by atoms with Crippen molar-refractivity contribution in [3.8, 4) is 11.1 Å². The molecule has 8 nitrogen and oxygen atoms in total. The minimum absolute atomic E-state index is 0.0346. The predicted molar refractivity (Wildman–Crippen MR) is 143 cm³/mol. The average Bonchev–Trinajstić information content (AvgIpc) is 3.51. The smallest absolute Gasteiger partial charge is 0.261 e. The number of nitrogens with one attached hydrogen (secondary N) is 2. The average molecular weight is 520 g/mol. The molecule has 2 aliphatic heterocycles. The number of rotatable bonds is 7. The van der Waals surface area contributed by atoms with Gasteiger partial charge in [-0.05, 0) is 48.4 Å². The van der Waals surface area contributed by atoms with Crippen LogP contribution in [0.1, 0.15) is 30.6 Å². The van der Waals surface area contributed by atoms with Gasteiger partial charge in [0.25, 0.3) is 5.92 Å². The second kappa shape index (κ2) is 10.3. The molecule has 0 spiro atoms. The van der Waals surface area contributed by atoms with Gasteiger partial charge in [-0.2, -0.15) is 5.10 Å². The van der Waals surface area contributed by atoms with Crippen LogP contribution in [-0.2, 0) is 11.3 Å². The number of alkyl halides is 2. The van der Waals surface area contributed by atoms with Crippen LogP contribution in [0.2, 0.25) is 0 Å². The molecule has 1 unspecified atom stereocenters. The first kappa shape index (κ1) is 24.7. The van der Waals surface area contributed by atoms with Gasteiger partial charge in [-0.3, -0.25) is 15.0 Å². The summed E-state index contributed by atoms with van der Waals surface area (Å²) < 4.78 is 32.7. The van der Waals surface area contributed by atoms with E-state index in [9.17, 15) is 8.78 Å². The number of fused-ring (bicyclic) bond motifs is 1. The van der Waals surface area contributed by atoms with Crippen LogP contribution in [0, 0.1) is 0 Å². The van der Waals surface area contributed by atoms with Crippen molar-refractivity contribution in [1.29, 1.82) is 0 Å². The molecule has 2 saturated heterocycles. The lowest BCUT2D eigenvalue weighted by molar-refractivity contribution is 0.0115. The highest BCUT2D eigenvalue weighted by molar-refractivity contribution is 5.87. The fourth-order valence-electron chi connectivity index (χ4n) is 5.24. The maximum Gasteiger partial charge on any atom is 0.261 e. The number of aromatic amines is 1. The highest BCUT2D eigenvalue weighted by Gasteiger charge is 2.37. The van der Waals surface area contributed by atoms with E-state index >= 15 is 0 Å². The zero-order chi connectivity index (χ0) is 26.1. The molecule has 0 radical (unpaired) electrons. The Balaban J connectivity index is 1.18. The normalized spacial score (nSPS) is 18.7. The summed E-state index contributed by atoms with van der Waals surface area (Å²) in [5.74, 6) is -1.64. The van der Waals surface area contributed by atoms with Crippen LogP contribution in [0.3, 0.4) is 0 Å². The van der Waals surface area contributed by atoms with Gasteiger partial charge in [0.2, 0.25) is 0 Å². The van der Waals surface area contributed by atoms with E-state index in [0.717, 1.165) is 71.1 Å². The first-order valence-corrected chi connectivity index (χ1v) is 13.0. The number of nitrogens with zero attached hydrogens (tertiary/aromatic N) is 5. The number of halogens is 2. The molecule has 5 heterocycles. The number of benzene rings is 1. The molecule has 0 aliphatic carbocycles. The van der Waals surface area contributed by atoms with E-state index < -0.39 is 5.92 Å². The fraction of sp³-hybridized carbons (Fsp3) is 0.393. The highest BCUT2D eigenvalue weighted by atomic mass is 19.3. The van der Waals surface area contributed by atoms with E-state index in [1.54, 1.807) is 11.1 Å². The minimum atomic E-state index is -2.60. The van der Waals surface area contributed by atoms with E-state index in [2.05, 4.69) is 43.4 Å². The van der Waals surface area contributed by atoms with Gasteiger partial charge >= 0.3 is 0 Å². The number of ether oxygens (including phenoxy) is 1. The molecule has 198 valence electrons. The number of anilines is 2. The summed E-state index contributed by atoms with van der Waals surface area (Å²) in [4.78, 5) is 13.0. The molecule has 2 aliphatic rings. The molecule has 4 aromatic rings. The zero-order valence-corrected chi connectivity index (χ0v) is 21.3.